The maximum absolute atomic E-state index is 12.3. The van der Waals surface area contributed by atoms with Gasteiger partial charge in [-0.25, -0.2) is 0 Å². The number of nitrogens with one attached hydrogen (secondary N) is 3. The monoisotopic (exact) mass is 337 g/mol. The Morgan fingerprint density at radius 3 is 2.52 bits per heavy atom. The number of amides is 3. The molecule has 1 aliphatic rings. The second kappa shape index (κ2) is 7.17. The number of hydrogen-bond acceptors (Lipinski definition) is 3. The van der Waals surface area contributed by atoms with E-state index in [2.05, 4.69) is 16.0 Å². The van der Waals surface area contributed by atoms with Crippen molar-refractivity contribution in [3.05, 3.63) is 65.7 Å². The Hall–Kier alpha value is -3.15. The number of carbonyl (C=O) groups excluding carboxylic acids is 3. The molecule has 0 aromatic heterocycles. The molecule has 1 aliphatic heterocycles. The molecule has 0 saturated heterocycles. The van der Waals surface area contributed by atoms with Crippen molar-refractivity contribution in [3.8, 4) is 0 Å². The Labute approximate surface area is 145 Å². The number of carbonyl (C=O) groups is 3. The summed E-state index contributed by atoms with van der Waals surface area (Å²) >= 11 is 0. The first-order valence-corrected chi connectivity index (χ1v) is 8.09. The second-order valence-electron chi connectivity index (χ2n) is 5.96. The fraction of sp³-hybridized carbons (Fsp3) is 0.211. The Morgan fingerprint density at radius 1 is 1.08 bits per heavy atom. The van der Waals surface area contributed by atoms with Crippen LogP contribution in [-0.2, 0) is 9.59 Å². The van der Waals surface area contributed by atoms with E-state index in [4.69, 9.17) is 0 Å². The summed E-state index contributed by atoms with van der Waals surface area (Å²) in [5, 5.41) is 8.16. The van der Waals surface area contributed by atoms with Crippen LogP contribution in [0.3, 0.4) is 0 Å². The average molecular weight is 337 g/mol. The molecular formula is C19H19N3O3. The number of hydrogen-bond donors (Lipinski definition) is 3. The van der Waals surface area contributed by atoms with Gasteiger partial charge in [-0.1, -0.05) is 42.5 Å². The zero-order valence-electron chi connectivity index (χ0n) is 13.8. The first kappa shape index (κ1) is 16.7. The molecule has 25 heavy (non-hydrogen) atoms. The molecule has 0 spiro atoms. The minimum absolute atomic E-state index is 0.122. The van der Waals surface area contributed by atoms with E-state index in [-0.39, 0.29) is 24.3 Å². The lowest BCUT2D eigenvalue weighted by Gasteiger charge is -2.18. The molecule has 2 aromatic rings. The molecule has 6 heteroatoms. The number of anilines is 1. The van der Waals surface area contributed by atoms with Crippen LogP contribution in [0.2, 0.25) is 0 Å². The summed E-state index contributed by atoms with van der Waals surface area (Å²) in [4.78, 5) is 36.8. The van der Waals surface area contributed by atoms with Gasteiger partial charge < -0.3 is 16.0 Å². The van der Waals surface area contributed by atoms with Gasteiger partial charge in [0.05, 0.1) is 23.7 Å². The van der Waals surface area contributed by atoms with Gasteiger partial charge >= 0.3 is 0 Å². The maximum atomic E-state index is 12.3. The minimum atomic E-state index is -0.914. The topological polar surface area (TPSA) is 87.3 Å². The summed E-state index contributed by atoms with van der Waals surface area (Å²) in [7, 11) is 0. The highest BCUT2D eigenvalue weighted by Gasteiger charge is 2.29. The van der Waals surface area contributed by atoms with Crippen LogP contribution in [0.15, 0.2) is 54.6 Å². The average Bonchev–Trinajstić information content (AvgIpc) is 2.72. The zero-order valence-corrected chi connectivity index (χ0v) is 13.8. The van der Waals surface area contributed by atoms with Gasteiger partial charge in [-0.2, -0.15) is 0 Å². The van der Waals surface area contributed by atoms with Gasteiger partial charge in [-0.05, 0) is 24.6 Å². The molecule has 0 radical (unpaired) electrons. The fourth-order valence-corrected chi connectivity index (χ4v) is 2.77. The molecular weight excluding hydrogens is 318 g/mol. The molecule has 0 fully saturated rings. The minimum Gasteiger partial charge on any atom is -0.350 e. The number of rotatable bonds is 4. The summed E-state index contributed by atoms with van der Waals surface area (Å²) in [6, 6.07) is 15.2. The Balaban J connectivity index is 1.66. The van der Waals surface area contributed by atoms with Gasteiger partial charge in [-0.15, -0.1) is 0 Å². The van der Waals surface area contributed by atoms with E-state index in [1.54, 1.807) is 24.3 Å². The van der Waals surface area contributed by atoms with Crippen LogP contribution in [0.5, 0.6) is 0 Å². The van der Waals surface area contributed by atoms with E-state index in [0.717, 1.165) is 5.56 Å². The van der Waals surface area contributed by atoms with Crippen molar-refractivity contribution in [2.24, 2.45) is 0 Å². The SMILES string of the molecule is CC(NC(=O)CC1NC(=O)c2ccccc2NC1=O)c1ccccc1. The Kier molecular flexibility index (Phi) is 4.79. The van der Waals surface area contributed by atoms with Crippen molar-refractivity contribution in [2.75, 3.05) is 5.32 Å². The molecule has 0 saturated carbocycles. The summed E-state index contributed by atoms with van der Waals surface area (Å²) in [5.74, 6) is -1.08. The number of fused-ring (bicyclic) bond motifs is 1. The molecule has 2 atom stereocenters. The van der Waals surface area contributed by atoms with E-state index in [0.29, 0.717) is 11.3 Å². The quantitative estimate of drug-likeness (QED) is 0.797. The van der Waals surface area contributed by atoms with Crippen LogP contribution in [0, 0.1) is 0 Å². The lowest BCUT2D eigenvalue weighted by atomic mass is 10.1. The van der Waals surface area contributed by atoms with Crippen LogP contribution < -0.4 is 16.0 Å². The molecule has 2 aromatic carbocycles. The molecule has 0 bridgehead atoms. The van der Waals surface area contributed by atoms with Gasteiger partial charge in [0, 0.05) is 0 Å². The van der Waals surface area contributed by atoms with E-state index >= 15 is 0 Å². The first-order chi connectivity index (χ1) is 12.0. The van der Waals surface area contributed by atoms with Gasteiger partial charge in [0.2, 0.25) is 11.8 Å². The van der Waals surface area contributed by atoms with E-state index in [1.165, 1.54) is 0 Å². The highest BCUT2D eigenvalue weighted by atomic mass is 16.2. The van der Waals surface area contributed by atoms with Crippen LogP contribution in [0.4, 0.5) is 5.69 Å². The van der Waals surface area contributed by atoms with Crippen LogP contribution in [0.25, 0.3) is 0 Å². The largest absolute Gasteiger partial charge is 0.350 e. The second-order valence-corrected chi connectivity index (χ2v) is 5.96. The van der Waals surface area contributed by atoms with Crippen molar-refractivity contribution in [2.45, 2.75) is 25.4 Å². The van der Waals surface area contributed by atoms with Crippen molar-refractivity contribution in [1.82, 2.24) is 10.6 Å². The predicted octanol–water partition coefficient (Wildman–Crippen LogP) is 2.00. The maximum Gasteiger partial charge on any atom is 0.254 e. The summed E-state index contributed by atoms with van der Waals surface area (Å²) < 4.78 is 0. The zero-order chi connectivity index (χ0) is 17.8. The molecule has 2 unspecified atom stereocenters. The third-order valence-corrected chi connectivity index (χ3v) is 4.12. The van der Waals surface area contributed by atoms with Crippen molar-refractivity contribution >= 4 is 23.4 Å². The lowest BCUT2D eigenvalue weighted by Crippen LogP contribution is -2.44. The van der Waals surface area contributed by atoms with Gasteiger partial charge in [0.25, 0.3) is 5.91 Å². The van der Waals surface area contributed by atoms with E-state index < -0.39 is 11.9 Å². The van der Waals surface area contributed by atoms with Crippen LogP contribution >= 0.6 is 0 Å². The smallest absolute Gasteiger partial charge is 0.254 e. The Morgan fingerprint density at radius 2 is 1.76 bits per heavy atom. The molecule has 3 amide bonds. The lowest BCUT2D eigenvalue weighted by molar-refractivity contribution is -0.126. The molecule has 6 nitrogen and oxygen atoms in total. The third-order valence-electron chi connectivity index (χ3n) is 4.12. The van der Waals surface area contributed by atoms with Crippen LogP contribution in [0.1, 0.15) is 35.3 Å². The summed E-state index contributed by atoms with van der Waals surface area (Å²) in [5.41, 5.74) is 1.81. The summed E-state index contributed by atoms with van der Waals surface area (Å²) in [6.07, 6.45) is -0.122. The third kappa shape index (κ3) is 3.85. The van der Waals surface area contributed by atoms with E-state index in [9.17, 15) is 14.4 Å². The predicted molar refractivity (Wildman–Crippen MR) is 93.9 cm³/mol. The standard InChI is InChI=1S/C19H19N3O3/c1-12(13-7-3-2-4-8-13)20-17(23)11-16-19(25)21-15-10-6-5-9-14(15)18(24)22-16/h2-10,12,16H,11H2,1H3,(H,20,23)(H,21,25)(H,22,24). The highest BCUT2D eigenvalue weighted by Crippen LogP contribution is 2.19. The summed E-state index contributed by atoms with van der Waals surface area (Å²) in [6.45, 7) is 1.87. The van der Waals surface area contributed by atoms with Crippen molar-refractivity contribution in [3.63, 3.8) is 0 Å². The number of para-hydroxylation sites is 1. The Bertz CT molecular complexity index is 805. The van der Waals surface area contributed by atoms with Gasteiger partial charge in [-0.3, -0.25) is 14.4 Å². The van der Waals surface area contributed by atoms with Crippen molar-refractivity contribution in [1.29, 1.82) is 0 Å². The highest BCUT2D eigenvalue weighted by molar-refractivity contribution is 6.10. The molecule has 128 valence electrons. The first-order valence-electron chi connectivity index (χ1n) is 8.09. The van der Waals surface area contributed by atoms with Crippen LogP contribution in [-0.4, -0.2) is 23.8 Å². The fourth-order valence-electron chi connectivity index (χ4n) is 2.77. The molecule has 3 N–H and O–H groups in total. The molecule has 1 heterocycles. The van der Waals surface area contributed by atoms with Gasteiger partial charge in [0.1, 0.15) is 6.04 Å². The molecule has 0 aliphatic carbocycles. The van der Waals surface area contributed by atoms with Crippen molar-refractivity contribution < 1.29 is 14.4 Å². The normalized spacial score (nSPS) is 17.6. The van der Waals surface area contributed by atoms with Gasteiger partial charge in [0.15, 0.2) is 0 Å². The van der Waals surface area contributed by atoms with E-state index in [1.807, 2.05) is 37.3 Å². The molecule has 3 rings (SSSR count). The number of benzene rings is 2.